The first-order chi connectivity index (χ1) is 19.8. The molecule has 8 N–H and O–H groups in total. The molecule has 0 aliphatic heterocycles. The molecule has 2 aromatic carbocycles. The SMILES string of the molecule is CN(C)c1cc(-c2ccc(F)cc2F)c(O)c2c1C[C@]1(N)C[C@]3(N)[C@@H](N(C)C)C(=O)C(C(N)=O)C(=O)[C@]3(O)C(=O)C1C2=O. The van der Waals surface area contributed by atoms with Crippen LogP contribution in [-0.2, 0) is 25.6 Å². The highest BCUT2D eigenvalue weighted by molar-refractivity contribution is 6.34. The molecule has 2 aromatic rings. The Hall–Kier alpha value is -4.11. The number of hydrogen-bond donors (Lipinski definition) is 5. The van der Waals surface area contributed by atoms with Gasteiger partial charge in [-0.2, -0.15) is 0 Å². The summed E-state index contributed by atoms with van der Waals surface area (Å²) in [6.45, 7) is 0. The van der Waals surface area contributed by atoms with E-state index in [1.807, 2.05) is 0 Å². The van der Waals surface area contributed by atoms with Crippen molar-refractivity contribution in [3.8, 4) is 16.9 Å². The first-order valence-electron chi connectivity index (χ1n) is 13.3. The summed E-state index contributed by atoms with van der Waals surface area (Å²) in [6, 6.07) is 2.44. The summed E-state index contributed by atoms with van der Waals surface area (Å²) in [6.07, 6.45) is -0.902. The Morgan fingerprint density at radius 3 is 2.16 bits per heavy atom. The molecule has 2 fully saturated rings. The third-order valence-corrected chi connectivity index (χ3v) is 9.05. The first kappa shape index (κ1) is 30.4. The predicted molar refractivity (Wildman–Crippen MR) is 148 cm³/mol. The van der Waals surface area contributed by atoms with Crippen LogP contribution < -0.4 is 22.1 Å². The number of benzene rings is 2. The molecule has 43 heavy (non-hydrogen) atoms. The highest BCUT2D eigenvalue weighted by Gasteiger charge is 2.77. The summed E-state index contributed by atoms with van der Waals surface area (Å²) in [5.41, 5.74) is 10.9. The minimum Gasteiger partial charge on any atom is -0.507 e. The molecule has 0 saturated heterocycles. The Bertz CT molecular complexity index is 1660. The fraction of sp³-hybridized carbons (Fsp3) is 0.414. The van der Waals surface area contributed by atoms with Gasteiger partial charge < -0.3 is 32.3 Å². The van der Waals surface area contributed by atoms with Gasteiger partial charge in [-0.1, -0.05) is 0 Å². The van der Waals surface area contributed by atoms with E-state index in [4.69, 9.17) is 17.2 Å². The topological polar surface area (TPSA) is 210 Å². The van der Waals surface area contributed by atoms with Crippen LogP contribution in [0.15, 0.2) is 24.3 Å². The van der Waals surface area contributed by atoms with Gasteiger partial charge in [-0.3, -0.25) is 28.9 Å². The van der Waals surface area contributed by atoms with Gasteiger partial charge in [-0.15, -0.1) is 0 Å². The molecule has 14 heteroatoms. The number of ketones is 4. The van der Waals surface area contributed by atoms with E-state index in [0.29, 0.717) is 11.8 Å². The van der Waals surface area contributed by atoms with E-state index in [1.54, 1.807) is 19.0 Å². The van der Waals surface area contributed by atoms with Crippen molar-refractivity contribution in [1.29, 1.82) is 0 Å². The maximum atomic E-state index is 14.8. The number of hydrogen-bond acceptors (Lipinski definition) is 11. The number of amides is 1. The van der Waals surface area contributed by atoms with Crippen LogP contribution in [-0.4, -0.2) is 95.1 Å². The number of carbonyl (C=O) groups is 5. The van der Waals surface area contributed by atoms with E-state index < -0.39 is 93.0 Å². The van der Waals surface area contributed by atoms with Gasteiger partial charge in [0.05, 0.1) is 17.1 Å². The van der Waals surface area contributed by atoms with Gasteiger partial charge in [0.15, 0.2) is 29.1 Å². The number of rotatable bonds is 4. The summed E-state index contributed by atoms with van der Waals surface area (Å²) in [4.78, 5) is 70.5. The fourth-order valence-corrected chi connectivity index (χ4v) is 7.33. The number of nitrogens with two attached hydrogens (primary N) is 3. The number of nitrogens with zero attached hydrogens (tertiary/aromatic N) is 2. The molecule has 2 saturated carbocycles. The third kappa shape index (κ3) is 3.83. The van der Waals surface area contributed by atoms with Crippen molar-refractivity contribution in [2.24, 2.45) is 29.0 Å². The van der Waals surface area contributed by atoms with Crippen LogP contribution in [0.4, 0.5) is 14.5 Å². The summed E-state index contributed by atoms with van der Waals surface area (Å²) in [7, 11) is 6.00. The van der Waals surface area contributed by atoms with Gasteiger partial charge >= 0.3 is 0 Å². The van der Waals surface area contributed by atoms with Crippen LogP contribution in [0.3, 0.4) is 0 Å². The number of fused-ring (bicyclic) bond motifs is 3. The summed E-state index contributed by atoms with van der Waals surface area (Å²) >= 11 is 0. The highest BCUT2D eigenvalue weighted by atomic mass is 19.1. The van der Waals surface area contributed by atoms with Gasteiger partial charge in [0.25, 0.3) is 0 Å². The molecule has 0 heterocycles. The van der Waals surface area contributed by atoms with Crippen molar-refractivity contribution in [3.05, 3.63) is 47.0 Å². The van der Waals surface area contributed by atoms with E-state index in [0.717, 1.165) is 12.1 Å². The maximum Gasteiger partial charge on any atom is 0.235 e. The van der Waals surface area contributed by atoms with Crippen molar-refractivity contribution in [2.75, 3.05) is 33.1 Å². The summed E-state index contributed by atoms with van der Waals surface area (Å²) in [5, 5.41) is 23.3. The lowest BCUT2D eigenvalue weighted by Gasteiger charge is -2.61. The Balaban J connectivity index is 1.78. The van der Waals surface area contributed by atoms with Gasteiger partial charge in [0.1, 0.15) is 23.3 Å². The molecule has 1 amide bonds. The van der Waals surface area contributed by atoms with E-state index in [-0.39, 0.29) is 23.1 Å². The molecule has 0 aromatic heterocycles. The van der Waals surface area contributed by atoms with E-state index in [2.05, 4.69) is 0 Å². The fourth-order valence-electron chi connectivity index (χ4n) is 7.33. The molecule has 0 spiro atoms. The van der Waals surface area contributed by atoms with E-state index in [1.165, 1.54) is 25.1 Å². The third-order valence-electron chi connectivity index (χ3n) is 9.05. The number of likely N-dealkylation sites (N-methyl/N-ethyl adjacent to an activating group) is 1. The first-order valence-corrected chi connectivity index (χ1v) is 13.3. The number of primary amides is 1. The largest absolute Gasteiger partial charge is 0.507 e. The molecule has 5 rings (SSSR count). The second-order valence-corrected chi connectivity index (χ2v) is 12.1. The van der Waals surface area contributed by atoms with Crippen molar-refractivity contribution in [2.45, 2.75) is 35.6 Å². The van der Waals surface area contributed by atoms with Crippen LogP contribution in [0.1, 0.15) is 22.3 Å². The van der Waals surface area contributed by atoms with E-state index in [9.17, 15) is 43.0 Å². The zero-order valence-electron chi connectivity index (χ0n) is 23.8. The molecule has 12 nitrogen and oxygen atoms in total. The Kier molecular flexibility index (Phi) is 6.67. The second kappa shape index (κ2) is 9.44. The van der Waals surface area contributed by atoms with Crippen LogP contribution in [0.25, 0.3) is 11.1 Å². The van der Waals surface area contributed by atoms with Crippen LogP contribution >= 0.6 is 0 Å². The van der Waals surface area contributed by atoms with Crippen LogP contribution in [0, 0.1) is 23.5 Å². The molecular formula is C29H31F2N5O7. The minimum absolute atomic E-state index is 0.171. The monoisotopic (exact) mass is 599 g/mol. The zero-order chi connectivity index (χ0) is 32.1. The highest BCUT2D eigenvalue weighted by Crippen LogP contribution is 2.54. The van der Waals surface area contributed by atoms with Gasteiger partial charge in [-0.05, 0) is 50.7 Å². The average molecular weight is 600 g/mol. The summed E-state index contributed by atoms with van der Waals surface area (Å²) in [5.74, 6) is -13.3. The number of phenols is 1. The average Bonchev–Trinajstić information content (AvgIpc) is 2.86. The van der Waals surface area contributed by atoms with Gasteiger partial charge in [-0.25, -0.2) is 8.78 Å². The predicted octanol–water partition coefficient (Wildman–Crippen LogP) is -0.959. The van der Waals surface area contributed by atoms with Crippen LogP contribution in [0.2, 0.25) is 0 Å². The lowest BCUT2D eigenvalue weighted by Crippen LogP contribution is -2.89. The minimum atomic E-state index is -3.24. The number of carbonyl (C=O) groups excluding carboxylic acids is 5. The van der Waals surface area contributed by atoms with E-state index >= 15 is 0 Å². The number of anilines is 1. The Morgan fingerprint density at radius 2 is 1.63 bits per heavy atom. The standard InChI is InChI=1S/C29H31F2N5O7/c1-35(2)16-8-13(12-6-5-11(30)7-15(12)31)20(37)17-14(16)9-27(33)10-28(34)23(36(3)4)22(39)18(26(32)42)24(40)29(28,43)25(41)19(27)21(17)38/h5-8,18-19,23,37,43H,9-10,33-34H2,1-4H3,(H2,32,42)/t18?,19?,23-,27-,28-,29-/m0/s1. The molecule has 0 bridgehead atoms. The maximum absolute atomic E-state index is 14.8. The number of halogens is 2. The molecular weight excluding hydrogens is 568 g/mol. The quantitative estimate of drug-likeness (QED) is 0.270. The number of Topliss-reactive ketones (excluding diaryl/α,β-unsaturated/α-hetero) is 4. The second-order valence-electron chi connectivity index (χ2n) is 12.1. The molecule has 2 unspecified atom stereocenters. The number of phenolic OH excluding ortho intramolecular Hbond substituents is 1. The number of aliphatic hydroxyl groups is 1. The van der Waals surface area contributed by atoms with Gasteiger partial charge in [0.2, 0.25) is 11.5 Å². The zero-order valence-corrected chi connectivity index (χ0v) is 23.8. The number of aromatic hydroxyl groups is 1. The molecule has 3 aliphatic rings. The lowest BCUT2D eigenvalue weighted by molar-refractivity contribution is -0.185. The van der Waals surface area contributed by atoms with Crippen molar-refractivity contribution in [3.63, 3.8) is 0 Å². The Morgan fingerprint density at radius 1 is 1.00 bits per heavy atom. The smallest absolute Gasteiger partial charge is 0.235 e. The molecule has 228 valence electrons. The summed E-state index contributed by atoms with van der Waals surface area (Å²) < 4.78 is 28.5. The van der Waals surface area contributed by atoms with Crippen molar-refractivity contribution >= 4 is 34.7 Å². The normalized spacial score (nSPS) is 31.9. The van der Waals surface area contributed by atoms with Crippen LogP contribution in [0.5, 0.6) is 5.75 Å². The molecule has 0 radical (unpaired) electrons. The molecule has 6 atom stereocenters. The van der Waals surface area contributed by atoms with Crippen molar-refractivity contribution < 1.29 is 43.0 Å². The van der Waals surface area contributed by atoms with Gasteiger partial charge in [0, 0.05) is 42.5 Å². The Labute approximate surface area is 244 Å². The lowest BCUT2D eigenvalue weighted by atomic mass is 9.46. The van der Waals surface area contributed by atoms with Crippen molar-refractivity contribution in [1.82, 2.24) is 4.90 Å². The molecule has 3 aliphatic carbocycles.